The minimum Gasteiger partial charge on any atom is -0.298 e. The van der Waals surface area contributed by atoms with Gasteiger partial charge in [0.15, 0.2) is 4.77 Å². The van der Waals surface area contributed by atoms with Gasteiger partial charge >= 0.3 is 0 Å². The van der Waals surface area contributed by atoms with Crippen LogP contribution in [0.1, 0.15) is 0 Å². The summed E-state index contributed by atoms with van der Waals surface area (Å²) in [6, 6.07) is 13.3. The molecule has 0 saturated heterocycles. The van der Waals surface area contributed by atoms with Crippen LogP contribution < -0.4 is 11.1 Å². The first-order chi connectivity index (χ1) is 10.1. The number of fused-ring (bicyclic) bond motifs is 1. The fourth-order valence-electron chi connectivity index (χ4n) is 2.13. The molecule has 0 spiro atoms. The SMILES string of the molecule is O=c1[nH]c(=S)n(-c2ccc(Cl)cc2)c(=O)c2ccccc12. The number of hydrogen-bond acceptors (Lipinski definition) is 3. The van der Waals surface area contributed by atoms with E-state index >= 15 is 0 Å². The first-order valence-corrected chi connectivity index (χ1v) is 6.91. The molecule has 0 atom stereocenters. The van der Waals surface area contributed by atoms with Crippen LogP contribution in [-0.2, 0) is 0 Å². The molecule has 0 fully saturated rings. The van der Waals surface area contributed by atoms with Crippen LogP contribution in [0, 0.1) is 4.77 Å². The number of aromatic amines is 1. The van der Waals surface area contributed by atoms with Gasteiger partial charge in [0.05, 0.1) is 16.5 Å². The van der Waals surface area contributed by atoms with E-state index in [9.17, 15) is 9.59 Å². The summed E-state index contributed by atoms with van der Waals surface area (Å²) in [4.78, 5) is 27.3. The van der Waals surface area contributed by atoms with Gasteiger partial charge in [0, 0.05) is 5.02 Å². The third kappa shape index (κ3) is 2.41. The van der Waals surface area contributed by atoms with Crippen LogP contribution in [0.5, 0.6) is 0 Å². The van der Waals surface area contributed by atoms with Crippen molar-refractivity contribution < 1.29 is 0 Å². The van der Waals surface area contributed by atoms with Gasteiger partial charge in [-0.1, -0.05) is 23.7 Å². The molecule has 0 amide bonds. The van der Waals surface area contributed by atoms with Crippen LogP contribution in [-0.4, -0.2) is 9.55 Å². The van der Waals surface area contributed by atoms with Crippen LogP contribution in [0.4, 0.5) is 0 Å². The number of benzene rings is 2. The topological polar surface area (TPSA) is 54.9 Å². The van der Waals surface area contributed by atoms with Gasteiger partial charge in [-0.3, -0.25) is 19.1 Å². The van der Waals surface area contributed by atoms with Crippen molar-refractivity contribution in [2.24, 2.45) is 0 Å². The number of aromatic nitrogens is 2. The predicted octanol–water partition coefficient (Wildman–Crippen LogP) is 3.06. The van der Waals surface area contributed by atoms with Gasteiger partial charge in [-0.2, -0.15) is 0 Å². The Morgan fingerprint density at radius 3 is 2.24 bits per heavy atom. The Kier molecular flexibility index (Phi) is 3.45. The monoisotopic (exact) mass is 316 g/mol. The summed E-state index contributed by atoms with van der Waals surface area (Å²) >= 11 is 11.0. The largest absolute Gasteiger partial charge is 0.298 e. The molecule has 0 aliphatic rings. The molecule has 0 unspecified atom stereocenters. The second-order valence-corrected chi connectivity index (χ2v) is 5.24. The Balaban J connectivity index is 2.53. The molecular formula is C15H9ClN2O2S. The Hall–Kier alpha value is -2.24. The van der Waals surface area contributed by atoms with E-state index in [1.807, 2.05) is 0 Å². The van der Waals surface area contributed by atoms with Gasteiger partial charge < -0.3 is 0 Å². The van der Waals surface area contributed by atoms with Crippen LogP contribution in [0.15, 0.2) is 58.1 Å². The number of rotatable bonds is 1. The summed E-state index contributed by atoms with van der Waals surface area (Å²) in [7, 11) is 0. The van der Waals surface area contributed by atoms with Crippen LogP contribution in [0.3, 0.4) is 0 Å². The lowest BCUT2D eigenvalue weighted by molar-refractivity contribution is 0.943. The molecule has 0 bridgehead atoms. The zero-order valence-electron chi connectivity index (χ0n) is 10.7. The zero-order valence-corrected chi connectivity index (χ0v) is 12.2. The molecule has 1 heterocycles. The molecule has 0 radical (unpaired) electrons. The van der Waals surface area contributed by atoms with Crippen molar-refractivity contribution in [3.63, 3.8) is 0 Å². The summed E-state index contributed by atoms with van der Waals surface area (Å²) in [5.41, 5.74) is -0.192. The lowest BCUT2D eigenvalue weighted by Crippen LogP contribution is -2.16. The Labute approximate surface area is 129 Å². The average molecular weight is 317 g/mol. The molecule has 0 aliphatic heterocycles. The summed E-state index contributed by atoms with van der Waals surface area (Å²) in [5, 5.41) is 1.17. The van der Waals surface area contributed by atoms with E-state index < -0.39 is 0 Å². The first kappa shape index (κ1) is 13.7. The Bertz CT molecular complexity index is 1010. The third-order valence-electron chi connectivity index (χ3n) is 3.11. The highest BCUT2D eigenvalue weighted by atomic mass is 35.5. The summed E-state index contributed by atoms with van der Waals surface area (Å²) in [6.07, 6.45) is 0. The van der Waals surface area contributed by atoms with Gasteiger partial charge in [0.2, 0.25) is 0 Å². The van der Waals surface area contributed by atoms with Crippen molar-refractivity contribution in [2.75, 3.05) is 0 Å². The summed E-state index contributed by atoms with van der Waals surface area (Å²) in [5.74, 6) is 0. The lowest BCUT2D eigenvalue weighted by Gasteiger charge is -2.03. The first-order valence-electron chi connectivity index (χ1n) is 6.12. The normalized spacial score (nSPS) is 10.7. The molecule has 21 heavy (non-hydrogen) atoms. The lowest BCUT2D eigenvalue weighted by atomic mass is 10.2. The van der Waals surface area contributed by atoms with Gasteiger partial charge in [-0.05, 0) is 48.6 Å². The highest BCUT2D eigenvalue weighted by Crippen LogP contribution is 2.12. The van der Waals surface area contributed by atoms with Crippen molar-refractivity contribution in [3.05, 3.63) is 79.0 Å². The molecule has 3 aromatic rings. The zero-order chi connectivity index (χ0) is 15.0. The molecular weight excluding hydrogens is 308 g/mol. The standard InChI is InChI=1S/C15H9ClN2O2S/c16-9-5-7-10(8-6-9)18-14(20)12-4-2-1-3-11(12)13(19)17-15(18)21/h1-8H,(H,17,19,21). The fourth-order valence-corrected chi connectivity index (χ4v) is 2.53. The number of nitrogens with zero attached hydrogens (tertiary/aromatic N) is 1. The van der Waals surface area contributed by atoms with Crippen LogP contribution in [0.25, 0.3) is 16.5 Å². The molecule has 4 nitrogen and oxygen atoms in total. The Morgan fingerprint density at radius 2 is 1.57 bits per heavy atom. The molecule has 2 aromatic carbocycles. The number of hydrogen-bond donors (Lipinski definition) is 1. The van der Waals surface area contributed by atoms with Crippen molar-refractivity contribution in [2.45, 2.75) is 0 Å². The quantitative estimate of drug-likeness (QED) is 0.702. The molecule has 6 heteroatoms. The van der Waals surface area contributed by atoms with Crippen LogP contribution >= 0.6 is 23.8 Å². The van der Waals surface area contributed by atoms with Gasteiger partial charge in [0.25, 0.3) is 11.1 Å². The molecule has 1 aromatic heterocycles. The van der Waals surface area contributed by atoms with Crippen molar-refractivity contribution in [1.82, 2.24) is 9.55 Å². The molecule has 104 valence electrons. The number of halogens is 1. The fraction of sp³-hybridized carbons (Fsp3) is 0. The minimum absolute atomic E-state index is 0.0449. The predicted molar refractivity (Wildman–Crippen MR) is 86.0 cm³/mol. The van der Waals surface area contributed by atoms with Gasteiger partial charge in [-0.15, -0.1) is 0 Å². The van der Waals surface area contributed by atoms with E-state index in [1.165, 1.54) is 4.57 Å². The van der Waals surface area contributed by atoms with E-state index in [2.05, 4.69) is 4.98 Å². The molecule has 0 aliphatic carbocycles. The van der Waals surface area contributed by atoms with E-state index in [-0.39, 0.29) is 15.9 Å². The maximum absolute atomic E-state index is 12.7. The molecule has 1 N–H and O–H groups in total. The van der Waals surface area contributed by atoms with Gasteiger partial charge in [0.1, 0.15) is 0 Å². The highest BCUT2D eigenvalue weighted by molar-refractivity contribution is 7.71. The molecule has 0 saturated carbocycles. The average Bonchev–Trinajstić information content (AvgIpc) is 2.57. The number of nitrogens with one attached hydrogen (secondary N) is 1. The smallest absolute Gasteiger partial charge is 0.265 e. The van der Waals surface area contributed by atoms with E-state index in [1.54, 1.807) is 48.5 Å². The second-order valence-electron chi connectivity index (χ2n) is 4.42. The van der Waals surface area contributed by atoms with Gasteiger partial charge in [-0.25, -0.2) is 0 Å². The van der Waals surface area contributed by atoms with Crippen LogP contribution in [0.2, 0.25) is 5.02 Å². The Morgan fingerprint density at radius 1 is 0.952 bits per heavy atom. The van der Waals surface area contributed by atoms with Crippen molar-refractivity contribution in [3.8, 4) is 5.69 Å². The van der Waals surface area contributed by atoms with E-state index in [0.717, 1.165) is 0 Å². The number of H-pyrrole nitrogens is 1. The highest BCUT2D eigenvalue weighted by Gasteiger charge is 2.07. The van der Waals surface area contributed by atoms with Crippen molar-refractivity contribution >= 4 is 34.6 Å². The van der Waals surface area contributed by atoms with E-state index in [4.69, 9.17) is 23.8 Å². The summed E-state index contributed by atoms with van der Waals surface area (Å²) < 4.78 is 1.33. The second kappa shape index (κ2) is 5.27. The van der Waals surface area contributed by atoms with E-state index in [0.29, 0.717) is 21.5 Å². The minimum atomic E-state index is -0.389. The van der Waals surface area contributed by atoms with Crippen molar-refractivity contribution in [1.29, 1.82) is 0 Å². The maximum atomic E-state index is 12.7. The third-order valence-corrected chi connectivity index (χ3v) is 3.65. The molecule has 3 rings (SSSR count). The summed E-state index contributed by atoms with van der Waals surface area (Å²) in [6.45, 7) is 0. The maximum Gasteiger partial charge on any atom is 0.265 e.